The summed E-state index contributed by atoms with van der Waals surface area (Å²) in [5.74, 6) is 0. The van der Waals surface area contributed by atoms with E-state index < -0.39 is 11.8 Å². The molecule has 0 aromatic heterocycles. The van der Waals surface area contributed by atoms with Gasteiger partial charge in [-0.15, -0.1) is 0 Å². The first kappa shape index (κ1) is 11.9. The lowest BCUT2D eigenvalue weighted by Crippen LogP contribution is -2.44. The van der Waals surface area contributed by atoms with Crippen molar-refractivity contribution in [1.82, 2.24) is 5.32 Å². The lowest BCUT2D eigenvalue weighted by atomic mass is 10.1. The van der Waals surface area contributed by atoms with Crippen LogP contribution in [0, 0.1) is 0 Å². The molecule has 3 nitrogen and oxygen atoms in total. The summed E-state index contributed by atoms with van der Waals surface area (Å²) in [5, 5.41) is 21.7. The Kier molecular flexibility index (Phi) is 5.46. The predicted octanol–water partition coefficient (Wildman–Crippen LogP) is 0.855. The molecule has 0 aliphatic carbocycles. The van der Waals surface area contributed by atoms with E-state index in [0.717, 1.165) is 19.4 Å². The topological polar surface area (TPSA) is 52.5 Å². The number of nitrogens with one attached hydrogen (secondary N) is 1. The highest BCUT2D eigenvalue weighted by Gasteiger charge is 2.20. The normalized spacial score (nSPS) is 18.8. The van der Waals surface area contributed by atoms with Crippen LogP contribution in [-0.2, 0) is 0 Å². The quantitative estimate of drug-likeness (QED) is 0.414. The fourth-order valence-electron chi connectivity index (χ4n) is 1.18. The average molecular weight is 175 g/mol. The summed E-state index contributed by atoms with van der Waals surface area (Å²) >= 11 is 0. The van der Waals surface area contributed by atoms with Gasteiger partial charge in [-0.3, -0.25) is 5.32 Å². The average Bonchev–Trinajstić information content (AvgIpc) is 1.84. The van der Waals surface area contributed by atoms with Crippen molar-refractivity contribution in [1.29, 1.82) is 0 Å². The highest BCUT2D eigenvalue weighted by Crippen LogP contribution is 2.08. The Bertz CT molecular complexity index is 113. The molecule has 0 fully saturated rings. The highest BCUT2D eigenvalue weighted by atomic mass is 16.3. The number of aliphatic hydroxyl groups is 2. The fourth-order valence-corrected chi connectivity index (χ4v) is 1.18. The maximum atomic E-state index is 9.64. The van der Waals surface area contributed by atoms with Gasteiger partial charge in [0.25, 0.3) is 0 Å². The third kappa shape index (κ3) is 6.58. The molecule has 0 aliphatic heterocycles. The van der Waals surface area contributed by atoms with E-state index in [1.165, 1.54) is 0 Å². The van der Waals surface area contributed by atoms with E-state index in [1.54, 1.807) is 13.8 Å². The molecule has 0 spiro atoms. The molecule has 0 radical (unpaired) electrons. The zero-order valence-corrected chi connectivity index (χ0v) is 8.30. The van der Waals surface area contributed by atoms with Gasteiger partial charge in [0, 0.05) is 6.42 Å². The van der Waals surface area contributed by atoms with Crippen molar-refractivity contribution in [2.24, 2.45) is 0 Å². The van der Waals surface area contributed by atoms with Crippen LogP contribution in [0.1, 0.15) is 40.0 Å². The molecule has 0 aliphatic rings. The molecule has 0 aromatic carbocycles. The molecule has 0 aromatic rings. The first-order valence-electron chi connectivity index (χ1n) is 4.63. The summed E-state index contributed by atoms with van der Waals surface area (Å²) in [6.07, 6.45) is 2.07. The third-order valence-corrected chi connectivity index (χ3v) is 1.73. The van der Waals surface area contributed by atoms with E-state index in [0.29, 0.717) is 6.42 Å². The smallest absolute Gasteiger partial charge is 0.115 e. The van der Waals surface area contributed by atoms with Crippen molar-refractivity contribution in [3.05, 3.63) is 0 Å². The van der Waals surface area contributed by atoms with Gasteiger partial charge in [-0.05, 0) is 26.8 Å². The maximum Gasteiger partial charge on any atom is 0.115 e. The second-order valence-electron chi connectivity index (χ2n) is 3.61. The van der Waals surface area contributed by atoms with Gasteiger partial charge in [-0.25, -0.2) is 0 Å². The molecular formula is C9H21NO2. The van der Waals surface area contributed by atoms with Crippen LogP contribution in [0.25, 0.3) is 0 Å². The lowest BCUT2D eigenvalue weighted by Gasteiger charge is -2.26. The summed E-state index contributed by atoms with van der Waals surface area (Å²) in [5.41, 5.74) is -0.927. The van der Waals surface area contributed by atoms with Crippen molar-refractivity contribution in [3.63, 3.8) is 0 Å². The Hall–Kier alpha value is -0.120. The van der Waals surface area contributed by atoms with E-state index in [9.17, 15) is 5.11 Å². The zero-order valence-electron chi connectivity index (χ0n) is 8.30. The summed E-state index contributed by atoms with van der Waals surface area (Å²) in [7, 11) is 0. The number of hydrogen-bond acceptors (Lipinski definition) is 3. The number of unbranched alkanes of at least 4 members (excludes halogenated alkanes) is 1. The molecule has 0 rings (SSSR count). The van der Waals surface area contributed by atoms with Gasteiger partial charge in [-0.2, -0.15) is 0 Å². The molecule has 0 saturated heterocycles. The van der Waals surface area contributed by atoms with Gasteiger partial charge in [0.2, 0.25) is 0 Å². The molecule has 2 unspecified atom stereocenters. The van der Waals surface area contributed by atoms with Crippen LogP contribution in [-0.4, -0.2) is 28.6 Å². The molecular weight excluding hydrogens is 154 g/mol. The van der Waals surface area contributed by atoms with Crippen LogP contribution in [0.3, 0.4) is 0 Å². The van der Waals surface area contributed by atoms with Gasteiger partial charge < -0.3 is 10.2 Å². The Balaban J connectivity index is 3.56. The van der Waals surface area contributed by atoms with Crippen LogP contribution in [0.15, 0.2) is 0 Å². The van der Waals surface area contributed by atoms with Crippen LogP contribution in [0.4, 0.5) is 0 Å². The van der Waals surface area contributed by atoms with Crippen LogP contribution < -0.4 is 5.32 Å². The molecule has 3 N–H and O–H groups in total. The Labute approximate surface area is 74.8 Å². The van der Waals surface area contributed by atoms with E-state index in [-0.39, 0.29) is 0 Å². The Morgan fingerprint density at radius 3 is 2.50 bits per heavy atom. The minimum Gasteiger partial charge on any atom is -0.393 e. The summed E-state index contributed by atoms with van der Waals surface area (Å²) in [6, 6.07) is 0. The van der Waals surface area contributed by atoms with Gasteiger partial charge >= 0.3 is 0 Å². The molecule has 0 amide bonds. The van der Waals surface area contributed by atoms with Gasteiger partial charge in [0.05, 0.1) is 6.10 Å². The van der Waals surface area contributed by atoms with E-state index >= 15 is 0 Å². The van der Waals surface area contributed by atoms with Gasteiger partial charge in [0.1, 0.15) is 5.72 Å². The lowest BCUT2D eigenvalue weighted by molar-refractivity contribution is -0.0182. The van der Waals surface area contributed by atoms with Crippen molar-refractivity contribution in [2.75, 3.05) is 6.54 Å². The monoisotopic (exact) mass is 175 g/mol. The van der Waals surface area contributed by atoms with Crippen molar-refractivity contribution >= 4 is 0 Å². The van der Waals surface area contributed by atoms with Crippen LogP contribution in [0.5, 0.6) is 0 Å². The fraction of sp³-hybridized carbons (Fsp3) is 1.00. The number of aliphatic hydroxyl groups excluding tert-OH is 1. The maximum absolute atomic E-state index is 9.64. The predicted molar refractivity (Wildman–Crippen MR) is 49.8 cm³/mol. The van der Waals surface area contributed by atoms with Gasteiger partial charge in [-0.1, -0.05) is 13.3 Å². The SMILES string of the molecule is CCCCNC(C)(O)CC(C)O. The third-order valence-electron chi connectivity index (χ3n) is 1.73. The minimum atomic E-state index is -0.927. The molecule has 0 heterocycles. The standard InChI is InChI=1S/C9H21NO2/c1-4-5-6-10-9(3,12)7-8(2)11/h8,10-12H,4-7H2,1-3H3. The second kappa shape index (κ2) is 5.51. The largest absolute Gasteiger partial charge is 0.393 e. The summed E-state index contributed by atoms with van der Waals surface area (Å²) < 4.78 is 0. The molecule has 74 valence electrons. The van der Waals surface area contributed by atoms with E-state index in [2.05, 4.69) is 12.2 Å². The Morgan fingerprint density at radius 1 is 1.50 bits per heavy atom. The zero-order chi connectivity index (χ0) is 9.61. The first-order chi connectivity index (χ1) is 5.48. The van der Waals surface area contributed by atoms with Crippen LogP contribution >= 0.6 is 0 Å². The summed E-state index contributed by atoms with van der Waals surface area (Å²) in [4.78, 5) is 0. The highest BCUT2D eigenvalue weighted by molar-refractivity contribution is 4.71. The summed E-state index contributed by atoms with van der Waals surface area (Å²) in [6.45, 7) is 6.27. The molecule has 0 bridgehead atoms. The van der Waals surface area contributed by atoms with Crippen molar-refractivity contribution in [2.45, 2.75) is 51.9 Å². The minimum absolute atomic E-state index is 0.372. The Morgan fingerprint density at radius 2 is 2.08 bits per heavy atom. The molecule has 0 saturated carbocycles. The second-order valence-corrected chi connectivity index (χ2v) is 3.61. The van der Waals surface area contributed by atoms with Crippen molar-refractivity contribution in [3.8, 4) is 0 Å². The molecule has 12 heavy (non-hydrogen) atoms. The number of rotatable bonds is 6. The first-order valence-corrected chi connectivity index (χ1v) is 4.63. The van der Waals surface area contributed by atoms with E-state index in [4.69, 9.17) is 5.11 Å². The van der Waals surface area contributed by atoms with Gasteiger partial charge in [0.15, 0.2) is 0 Å². The molecule has 3 heteroatoms. The van der Waals surface area contributed by atoms with E-state index in [1.807, 2.05) is 0 Å². The van der Waals surface area contributed by atoms with Crippen LogP contribution in [0.2, 0.25) is 0 Å². The number of hydrogen-bond donors (Lipinski definition) is 3. The van der Waals surface area contributed by atoms with Crippen molar-refractivity contribution < 1.29 is 10.2 Å². The molecule has 2 atom stereocenters.